The van der Waals surface area contributed by atoms with E-state index in [0.717, 1.165) is 25.7 Å². The minimum atomic E-state index is -3.87. The first kappa shape index (κ1) is 50.1. The lowest BCUT2D eigenvalue weighted by Crippen LogP contribution is -2.21. The van der Waals surface area contributed by atoms with Crippen molar-refractivity contribution >= 4 is 7.82 Å². The number of hydrogen-bond donors (Lipinski definition) is 4. The van der Waals surface area contributed by atoms with E-state index < -0.39 is 7.82 Å². The number of aliphatic hydroxyl groups excluding tert-OH is 2. The Morgan fingerprint density at radius 3 is 0.812 bits per heavy atom. The summed E-state index contributed by atoms with van der Waals surface area (Å²) in [4.78, 5) is 9.88. The Balaban J connectivity index is 0. The van der Waals surface area contributed by atoms with Gasteiger partial charge >= 0.3 is 7.82 Å². The standard InChI is InChI=1S/C36H75O4P.C4H11NO2/c1-3-5-7-9-11-13-15-17-19-21-23-25-27-29-31-33-35-39-41(37,38)40-36-34-32-30-28-26-24-22-20-18-16-14-12-10-8-6-4-2;6-3-1-5-2-4-7/h3-36H2,1-2H3,(H,37,38);5-7H,1-4H2. The van der Waals surface area contributed by atoms with Crippen LogP contribution in [0.15, 0.2) is 0 Å². The van der Waals surface area contributed by atoms with Crippen molar-refractivity contribution in [2.75, 3.05) is 39.5 Å². The van der Waals surface area contributed by atoms with Crippen LogP contribution in [-0.2, 0) is 13.6 Å². The van der Waals surface area contributed by atoms with Crippen molar-refractivity contribution in [1.82, 2.24) is 5.32 Å². The molecule has 0 amide bonds. The van der Waals surface area contributed by atoms with Gasteiger partial charge in [-0.05, 0) is 12.8 Å². The molecule has 292 valence electrons. The van der Waals surface area contributed by atoms with Gasteiger partial charge in [0.15, 0.2) is 0 Å². The van der Waals surface area contributed by atoms with Crippen LogP contribution in [-0.4, -0.2) is 54.6 Å². The maximum absolute atomic E-state index is 12.0. The molecule has 0 unspecified atom stereocenters. The molecular weight excluding hydrogens is 621 g/mol. The molecule has 0 aliphatic rings. The van der Waals surface area contributed by atoms with E-state index in [0.29, 0.717) is 26.3 Å². The Kier molecular flexibility index (Phi) is 47.0. The zero-order valence-electron chi connectivity index (χ0n) is 32.4. The third-order valence-electron chi connectivity index (χ3n) is 9.08. The van der Waals surface area contributed by atoms with Crippen LogP contribution in [0.5, 0.6) is 0 Å². The van der Waals surface area contributed by atoms with Crippen LogP contribution in [0.4, 0.5) is 0 Å². The summed E-state index contributed by atoms with van der Waals surface area (Å²) in [5.74, 6) is 0. The van der Waals surface area contributed by atoms with Gasteiger partial charge in [-0.15, -0.1) is 0 Å². The van der Waals surface area contributed by atoms with E-state index in [1.807, 2.05) is 0 Å². The molecule has 0 saturated heterocycles. The monoisotopic (exact) mass is 708 g/mol. The highest BCUT2D eigenvalue weighted by Gasteiger charge is 2.19. The van der Waals surface area contributed by atoms with Gasteiger partial charge in [-0.3, -0.25) is 9.05 Å². The highest BCUT2D eigenvalue weighted by Crippen LogP contribution is 2.43. The second kappa shape index (κ2) is 45.0. The average Bonchev–Trinajstić information content (AvgIpc) is 3.08. The SMILES string of the molecule is CCCCCCCCCCCCCCCCCCOP(=O)(O)OCCCCCCCCCCCCCCCCCC.OCCNCCO. The first-order valence-corrected chi connectivity index (χ1v) is 22.6. The summed E-state index contributed by atoms with van der Waals surface area (Å²) in [5.41, 5.74) is 0. The molecular formula is C40H86NO6P. The number of unbranched alkanes of at least 4 members (excludes halogenated alkanes) is 30. The van der Waals surface area contributed by atoms with Crippen molar-refractivity contribution in [2.24, 2.45) is 0 Å². The molecule has 0 fully saturated rings. The maximum Gasteiger partial charge on any atom is 0.472 e. The third kappa shape index (κ3) is 48.1. The number of hydrogen-bond acceptors (Lipinski definition) is 6. The van der Waals surface area contributed by atoms with Crippen LogP contribution in [0, 0.1) is 0 Å². The molecule has 0 radical (unpaired) electrons. The maximum atomic E-state index is 12.0. The number of phosphoric ester groups is 1. The fourth-order valence-electron chi connectivity index (χ4n) is 5.98. The molecule has 0 rings (SSSR count). The fourth-order valence-corrected chi connectivity index (χ4v) is 6.77. The Morgan fingerprint density at radius 1 is 0.396 bits per heavy atom. The molecule has 0 heterocycles. The largest absolute Gasteiger partial charge is 0.472 e. The third-order valence-corrected chi connectivity index (χ3v) is 10.1. The zero-order valence-corrected chi connectivity index (χ0v) is 33.3. The van der Waals surface area contributed by atoms with Crippen molar-refractivity contribution in [3.8, 4) is 0 Å². The Labute approximate surface area is 300 Å². The quantitative estimate of drug-likeness (QED) is 0.0371. The van der Waals surface area contributed by atoms with E-state index in [2.05, 4.69) is 19.2 Å². The zero-order chi connectivity index (χ0) is 35.5. The van der Waals surface area contributed by atoms with Gasteiger partial charge in [-0.25, -0.2) is 4.57 Å². The summed E-state index contributed by atoms with van der Waals surface area (Å²) >= 11 is 0. The Bertz CT molecular complexity index is 566. The van der Waals surface area contributed by atoms with Crippen molar-refractivity contribution in [3.63, 3.8) is 0 Å². The summed E-state index contributed by atoms with van der Waals surface area (Å²) < 4.78 is 22.4. The van der Waals surface area contributed by atoms with E-state index in [1.54, 1.807) is 0 Å². The van der Waals surface area contributed by atoms with Crippen molar-refractivity contribution in [1.29, 1.82) is 0 Å². The molecule has 0 saturated carbocycles. The smallest absolute Gasteiger partial charge is 0.395 e. The van der Waals surface area contributed by atoms with Crippen molar-refractivity contribution in [3.05, 3.63) is 0 Å². The van der Waals surface area contributed by atoms with Crippen LogP contribution < -0.4 is 5.32 Å². The van der Waals surface area contributed by atoms with Gasteiger partial charge in [0.1, 0.15) is 0 Å². The number of aliphatic hydroxyl groups is 2. The number of rotatable bonds is 40. The summed E-state index contributed by atoms with van der Waals surface area (Å²) in [6, 6.07) is 0. The van der Waals surface area contributed by atoms with Gasteiger partial charge in [0, 0.05) is 13.1 Å². The second-order valence-corrected chi connectivity index (χ2v) is 15.4. The van der Waals surface area contributed by atoms with E-state index in [1.165, 1.54) is 180 Å². The first-order chi connectivity index (χ1) is 23.5. The molecule has 0 aliphatic carbocycles. The highest BCUT2D eigenvalue weighted by molar-refractivity contribution is 7.47. The van der Waals surface area contributed by atoms with Crippen LogP contribution >= 0.6 is 7.82 Å². The van der Waals surface area contributed by atoms with Crippen LogP contribution in [0.1, 0.15) is 219 Å². The van der Waals surface area contributed by atoms with Gasteiger partial charge in [-0.2, -0.15) is 0 Å². The second-order valence-electron chi connectivity index (χ2n) is 13.9. The Hall–Kier alpha value is -0.0100. The van der Waals surface area contributed by atoms with E-state index in [9.17, 15) is 9.46 Å². The molecule has 7 nitrogen and oxygen atoms in total. The molecule has 0 aromatic carbocycles. The fraction of sp³-hybridized carbons (Fsp3) is 1.00. The minimum absolute atomic E-state index is 0.139. The molecule has 0 aliphatic heterocycles. The normalized spacial score (nSPS) is 11.6. The van der Waals surface area contributed by atoms with Gasteiger partial charge in [0.25, 0.3) is 0 Å². The summed E-state index contributed by atoms with van der Waals surface area (Å²) in [6.07, 6.45) is 42.2. The molecule has 0 bridgehead atoms. The first-order valence-electron chi connectivity index (χ1n) is 21.1. The number of phosphoric acid groups is 1. The van der Waals surface area contributed by atoms with Crippen molar-refractivity contribution in [2.45, 2.75) is 219 Å². The van der Waals surface area contributed by atoms with Gasteiger partial charge in [0.2, 0.25) is 0 Å². The van der Waals surface area contributed by atoms with E-state index >= 15 is 0 Å². The molecule has 48 heavy (non-hydrogen) atoms. The Morgan fingerprint density at radius 2 is 0.604 bits per heavy atom. The molecule has 0 atom stereocenters. The van der Waals surface area contributed by atoms with E-state index in [-0.39, 0.29) is 13.2 Å². The van der Waals surface area contributed by atoms with Crippen molar-refractivity contribution < 1.29 is 28.7 Å². The van der Waals surface area contributed by atoms with Crippen LogP contribution in [0.3, 0.4) is 0 Å². The minimum Gasteiger partial charge on any atom is -0.395 e. The summed E-state index contributed by atoms with van der Waals surface area (Å²) in [5, 5.41) is 19.1. The number of nitrogens with one attached hydrogen (secondary N) is 1. The molecule has 0 spiro atoms. The topological polar surface area (TPSA) is 108 Å². The van der Waals surface area contributed by atoms with Crippen LogP contribution in [0.2, 0.25) is 0 Å². The molecule has 8 heteroatoms. The molecule has 0 aromatic heterocycles. The molecule has 0 aromatic rings. The van der Waals surface area contributed by atoms with E-state index in [4.69, 9.17) is 19.3 Å². The van der Waals surface area contributed by atoms with Gasteiger partial charge < -0.3 is 20.4 Å². The highest BCUT2D eigenvalue weighted by atomic mass is 31.2. The predicted molar refractivity (Wildman–Crippen MR) is 208 cm³/mol. The lowest BCUT2D eigenvalue weighted by molar-refractivity contribution is 0.145. The molecule has 4 N–H and O–H groups in total. The lowest BCUT2D eigenvalue weighted by Gasteiger charge is -2.12. The summed E-state index contributed by atoms with van der Waals surface area (Å²) in [7, 11) is -3.87. The van der Waals surface area contributed by atoms with Gasteiger partial charge in [0.05, 0.1) is 26.4 Å². The average molecular weight is 708 g/mol. The predicted octanol–water partition coefficient (Wildman–Crippen LogP) is 12.2. The van der Waals surface area contributed by atoms with Gasteiger partial charge in [-0.1, -0.05) is 206 Å². The lowest BCUT2D eigenvalue weighted by atomic mass is 10.0. The summed E-state index contributed by atoms with van der Waals surface area (Å²) in [6.45, 7) is 6.63. The van der Waals surface area contributed by atoms with Crippen LogP contribution in [0.25, 0.3) is 0 Å².